The van der Waals surface area contributed by atoms with E-state index in [4.69, 9.17) is 29.4 Å². The first kappa shape index (κ1) is 36.4. The predicted molar refractivity (Wildman–Crippen MR) is 179 cm³/mol. The molecule has 0 heterocycles. The zero-order chi connectivity index (χ0) is 33.9. The van der Waals surface area contributed by atoms with E-state index in [9.17, 15) is 14.4 Å². The molecule has 1 amide bonds. The Balaban J connectivity index is 1.11. The minimum absolute atomic E-state index is 0.102. The largest absolute Gasteiger partial charge is 0.484 e. The molecule has 2 aromatic carbocycles. The monoisotopic (exact) mass is 652 g/mol. The quantitative estimate of drug-likeness (QED) is 0.150. The molecule has 2 bridgehead atoms. The van der Waals surface area contributed by atoms with Crippen LogP contribution in [0, 0.1) is 5.92 Å². The lowest BCUT2D eigenvalue weighted by Gasteiger charge is -2.47. The molecular weight excluding hydrogens is 600 g/mol. The van der Waals surface area contributed by atoms with Gasteiger partial charge in [0.25, 0.3) is 5.91 Å². The molecule has 1 saturated carbocycles. The number of nitrogens with one attached hydrogen (secondary N) is 1. The van der Waals surface area contributed by atoms with Crippen molar-refractivity contribution in [2.24, 2.45) is 11.7 Å². The lowest BCUT2D eigenvalue weighted by Crippen LogP contribution is -2.52. The van der Waals surface area contributed by atoms with Gasteiger partial charge in [0.2, 0.25) is 0 Å². The van der Waals surface area contributed by atoms with Crippen LogP contribution in [0.25, 0.3) is 0 Å². The van der Waals surface area contributed by atoms with Crippen LogP contribution in [0.4, 0.5) is 0 Å². The number of esters is 2. The zero-order valence-corrected chi connectivity index (χ0v) is 28.4. The summed E-state index contributed by atoms with van der Waals surface area (Å²) in [6, 6.07) is 12.6. The standard InChI is InChI=1S/C37H52N2O8/c1-36(2,3)47-33(41)10-8-19-43-21-22-44-20-18-39-32(40)25-45-29-14-11-26(12-15-29)35(42)46-30-16-13-27-23-28-9-6-5-7-17-37(4,34(28)38)31(27)24-30/h11-16,24,28,34H,5-10,17-23,25,38H2,1-4H3,(H,39,40)/t28-,34-,37+/m0/s1. The van der Waals surface area contributed by atoms with Gasteiger partial charge in [0, 0.05) is 31.0 Å². The molecule has 2 aliphatic carbocycles. The summed E-state index contributed by atoms with van der Waals surface area (Å²) in [4.78, 5) is 36.8. The number of benzene rings is 2. The highest BCUT2D eigenvalue weighted by molar-refractivity contribution is 5.91. The van der Waals surface area contributed by atoms with Crippen LogP contribution < -0.4 is 20.5 Å². The summed E-state index contributed by atoms with van der Waals surface area (Å²) in [5.74, 6) is 0.503. The third-order valence-corrected chi connectivity index (χ3v) is 8.89. The van der Waals surface area contributed by atoms with E-state index in [0.717, 1.165) is 19.3 Å². The third kappa shape index (κ3) is 11.0. The number of carbonyl (C=O) groups is 3. The van der Waals surface area contributed by atoms with Gasteiger partial charge >= 0.3 is 11.9 Å². The van der Waals surface area contributed by atoms with Crippen LogP contribution in [0.5, 0.6) is 11.5 Å². The normalized spacial score (nSPS) is 20.7. The summed E-state index contributed by atoms with van der Waals surface area (Å²) >= 11 is 0. The maximum absolute atomic E-state index is 13.0. The molecule has 0 aliphatic heterocycles. The van der Waals surface area contributed by atoms with E-state index < -0.39 is 11.6 Å². The predicted octanol–water partition coefficient (Wildman–Crippen LogP) is 5.28. The lowest BCUT2D eigenvalue weighted by molar-refractivity contribution is -0.155. The van der Waals surface area contributed by atoms with Crippen molar-refractivity contribution in [1.29, 1.82) is 0 Å². The first-order valence-electron chi connectivity index (χ1n) is 16.9. The van der Waals surface area contributed by atoms with Crippen molar-refractivity contribution in [2.45, 2.75) is 96.1 Å². The first-order chi connectivity index (χ1) is 22.4. The van der Waals surface area contributed by atoms with Crippen LogP contribution >= 0.6 is 0 Å². The van der Waals surface area contributed by atoms with Crippen molar-refractivity contribution in [3.8, 4) is 11.5 Å². The molecular formula is C37H52N2O8. The van der Waals surface area contributed by atoms with E-state index in [1.165, 1.54) is 30.4 Å². The number of rotatable bonds is 15. The van der Waals surface area contributed by atoms with Crippen LogP contribution in [0.1, 0.15) is 94.1 Å². The van der Waals surface area contributed by atoms with Gasteiger partial charge in [0.1, 0.15) is 17.1 Å². The maximum atomic E-state index is 13.0. The Kier molecular flexibility index (Phi) is 13.2. The Labute approximate surface area is 279 Å². The summed E-state index contributed by atoms with van der Waals surface area (Å²) in [7, 11) is 0. The Morgan fingerprint density at radius 2 is 1.66 bits per heavy atom. The number of amides is 1. The van der Waals surface area contributed by atoms with Gasteiger partial charge < -0.3 is 34.7 Å². The van der Waals surface area contributed by atoms with Gasteiger partial charge in [-0.3, -0.25) is 9.59 Å². The fourth-order valence-electron chi connectivity index (χ4n) is 6.45. The van der Waals surface area contributed by atoms with Crippen molar-refractivity contribution >= 4 is 17.8 Å². The summed E-state index contributed by atoms with van der Waals surface area (Å²) < 4.78 is 27.5. The number of carbonyl (C=O) groups excluding carboxylic acids is 3. The molecule has 3 N–H and O–H groups in total. The number of hydrogen-bond donors (Lipinski definition) is 2. The van der Waals surface area contributed by atoms with Crippen LogP contribution in [0.3, 0.4) is 0 Å². The molecule has 0 saturated heterocycles. The van der Waals surface area contributed by atoms with E-state index in [1.54, 1.807) is 24.3 Å². The average Bonchev–Trinajstić information content (AvgIpc) is 3.02. The van der Waals surface area contributed by atoms with Crippen molar-refractivity contribution in [3.63, 3.8) is 0 Å². The van der Waals surface area contributed by atoms with E-state index >= 15 is 0 Å². The summed E-state index contributed by atoms with van der Waals surface area (Å²) in [6.45, 7) is 9.52. The highest BCUT2D eigenvalue weighted by Gasteiger charge is 2.43. The van der Waals surface area contributed by atoms with Gasteiger partial charge in [0.15, 0.2) is 6.61 Å². The molecule has 3 atom stereocenters. The second-order valence-electron chi connectivity index (χ2n) is 13.8. The van der Waals surface area contributed by atoms with Crippen LogP contribution in [0.15, 0.2) is 42.5 Å². The molecule has 10 heteroatoms. The molecule has 2 aliphatic rings. The molecule has 47 heavy (non-hydrogen) atoms. The van der Waals surface area contributed by atoms with Crippen LogP contribution in [-0.2, 0) is 35.6 Å². The molecule has 1 fully saturated rings. The Morgan fingerprint density at radius 1 is 0.936 bits per heavy atom. The van der Waals surface area contributed by atoms with Gasteiger partial charge in [-0.15, -0.1) is 0 Å². The minimum Gasteiger partial charge on any atom is -0.484 e. The summed E-state index contributed by atoms with van der Waals surface area (Å²) in [5.41, 5.74) is 9.12. The molecule has 4 rings (SSSR count). The molecule has 2 aromatic rings. The van der Waals surface area contributed by atoms with Gasteiger partial charge in [-0.05, 0) is 99.9 Å². The Morgan fingerprint density at radius 3 is 2.40 bits per heavy atom. The smallest absolute Gasteiger partial charge is 0.343 e. The second kappa shape index (κ2) is 17.1. The van der Waals surface area contributed by atoms with E-state index in [1.807, 2.05) is 32.9 Å². The molecule has 258 valence electrons. The van der Waals surface area contributed by atoms with E-state index in [0.29, 0.717) is 68.8 Å². The highest BCUT2D eigenvalue weighted by Crippen LogP contribution is 2.46. The van der Waals surface area contributed by atoms with Crippen molar-refractivity contribution in [3.05, 3.63) is 59.2 Å². The van der Waals surface area contributed by atoms with E-state index in [2.05, 4.69) is 18.3 Å². The summed E-state index contributed by atoms with van der Waals surface area (Å²) in [5, 5.41) is 2.74. The fourth-order valence-corrected chi connectivity index (χ4v) is 6.45. The summed E-state index contributed by atoms with van der Waals surface area (Å²) in [6.07, 6.45) is 7.72. The minimum atomic E-state index is -0.479. The topological polar surface area (TPSA) is 135 Å². The highest BCUT2D eigenvalue weighted by atomic mass is 16.6. The lowest BCUT2D eigenvalue weighted by atomic mass is 9.60. The number of fused-ring (bicyclic) bond motifs is 4. The van der Waals surface area contributed by atoms with Gasteiger partial charge in [-0.1, -0.05) is 32.3 Å². The zero-order valence-electron chi connectivity index (χ0n) is 28.4. The molecule has 10 nitrogen and oxygen atoms in total. The molecule has 0 aromatic heterocycles. The first-order valence-corrected chi connectivity index (χ1v) is 16.9. The number of hydrogen-bond acceptors (Lipinski definition) is 9. The van der Waals surface area contributed by atoms with Gasteiger partial charge in [-0.2, -0.15) is 0 Å². The van der Waals surface area contributed by atoms with Crippen molar-refractivity contribution in [2.75, 3.05) is 39.6 Å². The van der Waals surface area contributed by atoms with Gasteiger partial charge in [-0.25, -0.2) is 4.79 Å². The number of ether oxygens (including phenoxy) is 5. The van der Waals surface area contributed by atoms with Crippen LogP contribution in [0.2, 0.25) is 0 Å². The second-order valence-corrected chi connectivity index (χ2v) is 13.8. The Hall–Kier alpha value is -3.47. The fraction of sp³-hybridized carbons (Fsp3) is 0.595. The Bertz CT molecular complexity index is 1340. The molecule has 0 spiro atoms. The van der Waals surface area contributed by atoms with Crippen LogP contribution in [-0.4, -0.2) is 69.1 Å². The molecule has 0 unspecified atom stereocenters. The van der Waals surface area contributed by atoms with Crippen molar-refractivity contribution < 1.29 is 38.1 Å². The third-order valence-electron chi connectivity index (χ3n) is 8.89. The maximum Gasteiger partial charge on any atom is 0.343 e. The van der Waals surface area contributed by atoms with E-state index in [-0.39, 0.29) is 29.9 Å². The average molecular weight is 653 g/mol. The SMILES string of the molecule is CC(C)(C)OC(=O)CCCOCCOCCNC(=O)COc1ccc(C(=O)Oc2ccc3c(c2)[C@@]2(C)CCCCC[C@@H](C3)[C@@H]2N)cc1. The van der Waals surface area contributed by atoms with Gasteiger partial charge in [0.05, 0.1) is 25.4 Å². The van der Waals surface area contributed by atoms with Crippen molar-refractivity contribution in [1.82, 2.24) is 5.32 Å². The molecule has 0 radical (unpaired) electrons. The number of nitrogens with two attached hydrogens (primary N) is 1.